The highest BCUT2D eigenvalue weighted by molar-refractivity contribution is 6.39. The van der Waals surface area contributed by atoms with E-state index in [1.54, 1.807) is 18.2 Å². The molecule has 1 aliphatic rings. The Balaban J connectivity index is 2.14. The summed E-state index contributed by atoms with van der Waals surface area (Å²) in [4.78, 5) is 0. The molecule has 3 rings (SSSR count). The highest BCUT2D eigenvalue weighted by atomic mass is 35.5. The molecule has 0 bridgehead atoms. The minimum Gasteiger partial charge on any atom is -0.489 e. The van der Waals surface area contributed by atoms with Gasteiger partial charge in [-0.25, -0.2) is 4.39 Å². The van der Waals surface area contributed by atoms with Crippen molar-refractivity contribution in [2.75, 3.05) is 6.54 Å². The second-order valence-electron chi connectivity index (χ2n) is 5.06. The highest BCUT2D eigenvalue weighted by Gasteiger charge is 2.27. The largest absolute Gasteiger partial charge is 0.489 e. The van der Waals surface area contributed by atoms with Crippen LogP contribution >= 0.6 is 23.2 Å². The van der Waals surface area contributed by atoms with Crippen LogP contribution in [-0.4, -0.2) is 12.6 Å². The molecule has 0 spiro atoms. The van der Waals surface area contributed by atoms with E-state index in [1.807, 2.05) is 0 Å². The lowest BCUT2D eigenvalue weighted by atomic mass is 9.99. The van der Waals surface area contributed by atoms with Crippen LogP contribution in [0.25, 0.3) is 11.1 Å². The number of hydrogen-bond donors (Lipinski definition) is 1. The van der Waals surface area contributed by atoms with Crippen LogP contribution in [0.5, 0.6) is 5.75 Å². The van der Waals surface area contributed by atoms with Crippen LogP contribution in [0.4, 0.5) is 4.39 Å². The molecule has 0 aromatic heterocycles. The number of benzene rings is 2. The summed E-state index contributed by atoms with van der Waals surface area (Å²) >= 11 is 12.5. The summed E-state index contributed by atoms with van der Waals surface area (Å²) in [6.07, 6.45) is 1.36. The van der Waals surface area contributed by atoms with E-state index < -0.39 is 0 Å². The third-order valence-electron chi connectivity index (χ3n) is 3.58. The predicted octanol–water partition coefficient (Wildman–Crippen LogP) is 4.45. The Labute approximate surface area is 132 Å². The summed E-state index contributed by atoms with van der Waals surface area (Å²) in [5.74, 6) is 0.335. The number of rotatable bonds is 3. The molecule has 0 radical (unpaired) electrons. The van der Waals surface area contributed by atoms with Crippen molar-refractivity contribution in [1.29, 1.82) is 0 Å². The van der Waals surface area contributed by atoms with Gasteiger partial charge in [-0.2, -0.15) is 0 Å². The van der Waals surface area contributed by atoms with E-state index in [1.165, 1.54) is 12.1 Å². The molecule has 0 aliphatic carbocycles. The van der Waals surface area contributed by atoms with Crippen LogP contribution < -0.4 is 10.5 Å². The zero-order valence-electron chi connectivity index (χ0n) is 11.2. The minimum absolute atomic E-state index is 0.0215. The third-order valence-corrected chi connectivity index (χ3v) is 4.21. The van der Waals surface area contributed by atoms with E-state index in [0.29, 0.717) is 39.9 Å². The van der Waals surface area contributed by atoms with Crippen molar-refractivity contribution in [2.24, 2.45) is 5.73 Å². The van der Waals surface area contributed by atoms with Crippen molar-refractivity contribution in [1.82, 2.24) is 0 Å². The first-order valence-electron chi connectivity index (χ1n) is 6.73. The van der Waals surface area contributed by atoms with Crippen molar-refractivity contribution >= 4 is 23.2 Å². The lowest BCUT2D eigenvalue weighted by Gasteiger charge is -2.14. The lowest BCUT2D eigenvalue weighted by molar-refractivity contribution is 0.225. The van der Waals surface area contributed by atoms with Crippen molar-refractivity contribution in [3.8, 4) is 16.9 Å². The standard InChI is InChI=1S/C16H14Cl2FNO/c17-13-2-1-3-14(18)15(13)12-8-10(19)6-9-7-11(4-5-20)21-16(9)12/h1-3,6,8,11H,4-5,7,20H2. The van der Waals surface area contributed by atoms with Gasteiger partial charge in [0.05, 0.1) is 10.0 Å². The fourth-order valence-corrected chi connectivity index (χ4v) is 3.28. The van der Waals surface area contributed by atoms with Gasteiger partial charge >= 0.3 is 0 Å². The van der Waals surface area contributed by atoms with E-state index in [2.05, 4.69) is 0 Å². The SMILES string of the molecule is NCCC1Cc2cc(F)cc(-c3c(Cl)cccc3Cl)c2O1. The molecule has 0 saturated heterocycles. The van der Waals surface area contributed by atoms with E-state index in [9.17, 15) is 4.39 Å². The summed E-state index contributed by atoms with van der Waals surface area (Å²) in [6.45, 7) is 0.531. The monoisotopic (exact) mass is 325 g/mol. The average molecular weight is 326 g/mol. The van der Waals surface area contributed by atoms with Gasteiger partial charge in [0.1, 0.15) is 17.7 Å². The molecule has 0 amide bonds. The van der Waals surface area contributed by atoms with Gasteiger partial charge in [-0.05, 0) is 37.2 Å². The first kappa shape index (κ1) is 14.6. The zero-order chi connectivity index (χ0) is 15.0. The molecule has 2 N–H and O–H groups in total. The maximum atomic E-state index is 13.9. The first-order chi connectivity index (χ1) is 10.1. The van der Waals surface area contributed by atoms with Gasteiger partial charge in [0, 0.05) is 23.1 Å². The zero-order valence-corrected chi connectivity index (χ0v) is 12.7. The van der Waals surface area contributed by atoms with Crippen LogP contribution in [0, 0.1) is 5.82 Å². The molecule has 21 heavy (non-hydrogen) atoms. The molecule has 1 aliphatic heterocycles. The Morgan fingerprint density at radius 2 is 1.95 bits per heavy atom. The van der Waals surface area contributed by atoms with Gasteiger partial charge in [-0.15, -0.1) is 0 Å². The number of fused-ring (bicyclic) bond motifs is 1. The summed E-state index contributed by atoms with van der Waals surface area (Å²) in [6, 6.07) is 8.13. The maximum Gasteiger partial charge on any atom is 0.131 e. The fraction of sp³-hybridized carbons (Fsp3) is 0.250. The van der Waals surface area contributed by atoms with Crippen LogP contribution in [0.3, 0.4) is 0 Å². The molecule has 0 saturated carbocycles. The first-order valence-corrected chi connectivity index (χ1v) is 7.49. The summed E-state index contributed by atoms with van der Waals surface area (Å²) < 4.78 is 19.9. The van der Waals surface area contributed by atoms with E-state index in [0.717, 1.165) is 12.0 Å². The minimum atomic E-state index is -0.322. The number of hydrogen-bond acceptors (Lipinski definition) is 2. The molecular weight excluding hydrogens is 312 g/mol. The Morgan fingerprint density at radius 3 is 2.62 bits per heavy atom. The molecule has 2 aromatic rings. The van der Waals surface area contributed by atoms with Crippen molar-refractivity contribution in [3.05, 3.63) is 51.8 Å². The van der Waals surface area contributed by atoms with E-state index in [4.69, 9.17) is 33.7 Å². The van der Waals surface area contributed by atoms with Crippen molar-refractivity contribution < 1.29 is 9.13 Å². The summed E-state index contributed by atoms with van der Waals surface area (Å²) in [5.41, 5.74) is 7.61. The highest BCUT2D eigenvalue weighted by Crippen LogP contribution is 2.45. The number of nitrogens with two attached hydrogens (primary N) is 1. The normalized spacial score (nSPS) is 16.7. The van der Waals surface area contributed by atoms with Gasteiger partial charge in [0.2, 0.25) is 0 Å². The molecular formula is C16H14Cl2FNO. The van der Waals surface area contributed by atoms with Crippen LogP contribution in [-0.2, 0) is 6.42 Å². The summed E-state index contributed by atoms with van der Waals surface area (Å²) in [7, 11) is 0. The molecule has 2 nitrogen and oxygen atoms in total. The van der Waals surface area contributed by atoms with Crippen LogP contribution in [0.2, 0.25) is 10.0 Å². The van der Waals surface area contributed by atoms with Crippen LogP contribution in [0.1, 0.15) is 12.0 Å². The van der Waals surface area contributed by atoms with E-state index >= 15 is 0 Å². The average Bonchev–Trinajstić information content (AvgIpc) is 2.81. The fourth-order valence-electron chi connectivity index (χ4n) is 2.68. The van der Waals surface area contributed by atoms with Gasteiger partial charge in [-0.1, -0.05) is 29.3 Å². The molecule has 1 atom stereocenters. The Morgan fingerprint density at radius 1 is 1.24 bits per heavy atom. The lowest BCUT2D eigenvalue weighted by Crippen LogP contribution is -2.17. The maximum absolute atomic E-state index is 13.9. The smallest absolute Gasteiger partial charge is 0.131 e. The molecule has 0 fully saturated rings. The van der Waals surface area contributed by atoms with Crippen molar-refractivity contribution in [2.45, 2.75) is 18.9 Å². The Kier molecular flexibility index (Phi) is 4.07. The van der Waals surface area contributed by atoms with Gasteiger partial charge in [0.15, 0.2) is 0 Å². The van der Waals surface area contributed by atoms with Crippen LogP contribution in [0.15, 0.2) is 30.3 Å². The second kappa shape index (κ2) is 5.84. The molecule has 1 unspecified atom stereocenters. The third kappa shape index (κ3) is 2.73. The quantitative estimate of drug-likeness (QED) is 0.904. The number of ether oxygens (including phenoxy) is 1. The molecule has 1 heterocycles. The number of halogens is 3. The molecule has 110 valence electrons. The predicted molar refractivity (Wildman–Crippen MR) is 83.6 cm³/mol. The Hall–Kier alpha value is -1.29. The summed E-state index contributed by atoms with van der Waals surface area (Å²) in [5, 5.41) is 0.947. The molecule has 2 aromatic carbocycles. The van der Waals surface area contributed by atoms with Gasteiger partial charge in [-0.3, -0.25) is 0 Å². The second-order valence-corrected chi connectivity index (χ2v) is 5.87. The topological polar surface area (TPSA) is 35.2 Å². The van der Waals surface area contributed by atoms with E-state index in [-0.39, 0.29) is 11.9 Å². The van der Waals surface area contributed by atoms with Crippen molar-refractivity contribution in [3.63, 3.8) is 0 Å². The van der Waals surface area contributed by atoms with Gasteiger partial charge < -0.3 is 10.5 Å². The van der Waals surface area contributed by atoms with Gasteiger partial charge in [0.25, 0.3) is 0 Å². The molecule has 5 heteroatoms. The Bertz CT molecular complexity index is 670.